The van der Waals surface area contributed by atoms with Gasteiger partial charge in [-0.25, -0.2) is 4.39 Å². The molecule has 182 valence electrons. The van der Waals surface area contributed by atoms with Gasteiger partial charge in [-0.1, -0.05) is 83.6 Å². The smallest absolute Gasteiger partial charge is 0.206 e. The topological polar surface area (TPSA) is 0 Å². The van der Waals surface area contributed by atoms with Crippen LogP contribution in [0.2, 0.25) is 0 Å². The van der Waals surface area contributed by atoms with E-state index in [1.54, 1.807) is 6.07 Å². The van der Waals surface area contributed by atoms with Gasteiger partial charge in [-0.15, -0.1) is 0 Å². The molecule has 0 spiro atoms. The van der Waals surface area contributed by atoms with Crippen LogP contribution in [-0.2, 0) is 11.6 Å². The molecule has 0 saturated heterocycles. The Morgan fingerprint density at radius 1 is 0.750 bits per heavy atom. The highest BCUT2D eigenvalue weighted by Gasteiger charge is 2.38. The maximum atomic E-state index is 14.4. The Bertz CT molecular complexity index is 694. The first-order chi connectivity index (χ1) is 15.3. The first-order valence-electron chi connectivity index (χ1n) is 13.2. The van der Waals surface area contributed by atoms with Gasteiger partial charge in [-0.05, 0) is 73.5 Å². The Morgan fingerprint density at radius 3 is 1.88 bits per heavy atom. The highest BCUT2D eigenvalue weighted by Crippen LogP contribution is 2.47. The average molecular weight is 455 g/mol. The number of hydrogen-bond donors (Lipinski definition) is 0. The quantitative estimate of drug-likeness (QED) is 0.244. The lowest BCUT2D eigenvalue weighted by atomic mass is 9.65. The summed E-state index contributed by atoms with van der Waals surface area (Å²) in [5.74, 6) is -1.11. The predicted molar refractivity (Wildman–Crippen MR) is 124 cm³/mol. The molecule has 1 aromatic rings. The lowest BCUT2D eigenvalue weighted by Gasteiger charge is -2.40. The van der Waals surface area contributed by atoms with E-state index >= 15 is 0 Å². The van der Waals surface area contributed by atoms with Gasteiger partial charge in [0.05, 0.1) is 5.56 Å². The van der Waals surface area contributed by atoms with Crippen molar-refractivity contribution in [1.82, 2.24) is 0 Å². The first-order valence-corrected chi connectivity index (χ1v) is 13.2. The summed E-state index contributed by atoms with van der Waals surface area (Å²) in [4.78, 5) is 0. The summed E-state index contributed by atoms with van der Waals surface area (Å²) < 4.78 is 53.5. The highest BCUT2D eigenvalue weighted by atomic mass is 19.4. The molecule has 2 aliphatic rings. The van der Waals surface area contributed by atoms with Crippen LogP contribution in [0.15, 0.2) is 18.2 Å². The minimum atomic E-state index is -4.63. The molecular formula is C28H42F4. The number of alkyl halides is 3. The van der Waals surface area contributed by atoms with E-state index < -0.39 is 17.6 Å². The number of halogens is 4. The van der Waals surface area contributed by atoms with Crippen molar-refractivity contribution in [3.8, 4) is 0 Å². The minimum absolute atomic E-state index is 0.148. The third kappa shape index (κ3) is 6.50. The second-order valence-corrected chi connectivity index (χ2v) is 10.8. The predicted octanol–water partition coefficient (Wildman–Crippen LogP) is 10.1. The lowest BCUT2D eigenvalue weighted by Crippen LogP contribution is -2.30. The van der Waals surface area contributed by atoms with E-state index in [-0.39, 0.29) is 5.41 Å². The first kappa shape index (κ1) is 25.6. The molecule has 0 aromatic heterocycles. The van der Waals surface area contributed by atoms with Crippen molar-refractivity contribution < 1.29 is 17.6 Å². The Morgan fingerprint density at radius 2 is 1.31 bits per heavy atom. The fraction of sp³-hybridized carbons (Fsp3) is 0.786. The molecule has 0 heterocycles. The zero-order valence-corrected chi connectivity index (χ0v) is 20.0. The molecule has 0 bridgehead atoms. The van der Waals surface area contributed by atoms with E-state index in [0.29, 0.717) is 5.41 Å². The van der Waals surface area contributed by atoms with E-state index in [9.17, 15) is 17.6 Å². The van der Waals surface area contributed by atoms with E-state index in [4.69, 9.17) is 0 Å². The van der Waals surface area contributed by atoms with Gasteiger partial charge in [0, 0.05) is 0 Å². The second-order valence-electron chi connectivity index (χ2n) is 10.8. The van der Waals surface area contributed by atoms with Crippen molar-refractivity contribution in [2.45, 2.75) is 134 Å². The Hall–Kier alpha value is -1.06. The molecule has 32 heavy (non-hydrogen) atoms. The maximum absolute atomic E-state index is 14.4. The fourth-order valence-corrected chi connectivity index (χ4v) is 6.63. The maximum Gasteiger partial charge on any atom is 0.419 e. The molecule has 3 rings (SSSR count). The zero-order chi connectivity index (χ0) is 23.1. The number of rotatable bonds is 10. The van der Waals surface area contributed by atoms with Crippen LogP contribution in [0.1, 0.15) is 134 Å². The van der Waals surface area contributed by atoms with E-state index in [1.807, 2.05) is 0 Å². The summed E-state index contributed by atoms with van der Waals surface area (Å²) in [6, 6.07) is 3.72. The van der Waals surface area contributed by atoms with Crippen LogP contribution in [0, 0.1) is 11.2 Å². The second kappa shape index (κ2) is 11.4. The molecule has 2 aliphatic carbocycles. The van der Waals surface area contributed by atoms with E-state index in [2.05, 4.69) is 6.92 Å². The third-order valence-electron chi connectivity index (χ3n) is 8.53. The van der Waals surface area contributed by atoms with Gasteiger partial charge in [0.1, 0.15) is 5.82 Å². The monoisotopic (exact) mass is 454 g/mol. The molecule has 0 N–H and O–H groups in total. The van der Waals surface area contributed by atoms with Gasteiger partial charge in [0.25, 0.3) is 0 Å². The SMILES string of the molecule is CCCCCC1(CCCCC2(c3ccc(C(F)(F)F)c(F)c3)CCCCC2)CCCCC1. The van der Waals surface area contributed by atoms with Crippen LogP contribution in [0.3, 0.4) is 0 Å². The van der Waals surface area contributed by atoms with Crippen molar-refractivity contribution in [1.29, 1.82) is 0 Å². The summed E-state index contributed by atoms with van der Waals surface area (Å²) in [6.45, 7) is 2.27. The van der Waals surface area contributed by atoms with Crippen LogP contribution in [0.5, 0.6) is 0 Å². The summed E-state index contributed by atoms with van der Waals surface area (Å²) >= 11 is 0. The minimum Gasteiger partial charge on any atom is -0.206 e. The largest absolute Gasteiger partial charge is 0.419 e. The average Bonchev–Trinajstić information content (AvgIpc) is 2.77. The van der Waals surface area contributed by atoms with Crippen LogP contribution in [-0.4, -0.2) is 0 Å². The summed E-state index contributed by atoms with van der Waals surface area (Å²) in [6.07, 6.45) is 17.3. The lowest BCUT2D eigenvalue weighted by molar-refractivity contribution is -0.140. The molecule has 0 radical (unpaired) electrons. The summed E-state index contributed by atoms with van der Waals surface area (Å²) in [5.41, 5.74) is 0.0234. The molecule has 0 amide bonds. The van der Waals surface area contributed by atoms with Gasteiger partial charge in [-0.3, -0.25) is 0 Å². The van der Waals surface area contributed by atoms with Crippen molar-refractivity contribution >= 4 is 0 Å². The zero-order valence-electron chi connectivity index (χ0n) is 20.0. The number of hydrogen-bond acceptors (Lipinski definition) is 0. The van der Waals surface area contributed by atoms with Crippen molar-refractivity contribution in [2.24, 2.45) is 5.41 Å². The van der Waals surface area contributed by atoms with Crippen LogP contribution in [0.25, 0.3) is 0 Å². The molecule has 0 aliphatic heterocycles. The van der Waals surface area contributed by atoms with Gasteiger partial charge >= 0.3 is 6.18 Å². The molecule has 2 fully saturated rings. The third-order valence-corrected chi connectivity index (χ3v) is 8.53. The van der Waals surface area contributed by atoms with Crippen molar-refractivity contribution in [2.75, 3.05) is 0 Å². The van der Waals surface area contributed by atoms with Crippen LogP contribution >= 0.6 is 0 Å². The molecule has 2 saturated carbocycles. The Balaban J connectivity index is 1.65. The Labute approximate surface area is 192 Å². The van der Waals surface area contributed by atoms with E-state index in [1.165, 1.54) is 83.1 Å². The normalized spacial score (nSPS) is 20.9. The van der Waals surface area contributed by atoms with E-state index in [0.717, 1.165) is 50.2 Å². The molecule has 0 atom stereocenters. The fourth-order valence-electron chi connectivity index (χ4n) is 6.63. The highest BCUT2D eigenvalue weighted by molar-refractivity contribution is 5.32. The van der Waals surface area contributed by atoms with Gasteiger partial charge < -0.3 is 0 Å². The molecule has 0 unspecified atom stereocenters. The standard InChI is InChI=1S/C28H42F4/c1-2-3-6-15-26(16-7-4-8-17-26)18-11-12-21-27(19-9-5-10-20-27)23-13-14-24(25(29)22-23)28(30,31)32/h13-14,22H,2-12,15-21H2,1H3. The van der Waals surface area contributed by atoms with Crippen molar-refractivity contribution in [3.63, 3.8) is 0 Å². The molecule has 4 heteroatoms. The van der Waals surface area contributed by atoms with Gasteiger partial charge in [-0.2, -0.15) is 13.2 Å². The van der Waals surface area contributed by atoms with Crippen LogP contribution in [0.4, 0.5) is 17.6 Å². The summed E-state index contributed by atoms with van der Waals surface area (Å²) in [5, 5.41) is 0. The molecule has 1 aromatic carbocycles. The molecular weight excluding hydrogens is 412 g/mol. The van der Waals surface area contributed by atoms with Gasteiger partial charge in [0.15, 0.2) is 0 Å². The van der Waals surface area contributed by atoms with Gasteiger partial charge in [0.2, 0.25) is 0 Å². The number of benzene rings is 1. The van der Waals surface area contributed by atoms with Crippen molar-refractivity contribution in [3.05, 3.63) is 35.1 Å². The Kier molecular flexibility index (Phi) is 9.09. The van der Waals surface area contributed by atoms with Crippen LogP contribution < -0.4 is 0 Å². The summed E-state index contributed by atoms with van der Waals surface area (Å²) in [7, 11) is 0. The number of unbranched alkanes of at least 4 members (excludes halogenated alkanes) is 3. The molecule has 0 nitrogen and oxygen atoms in total.